The van der Waals surface area contributed by atoms with Crippen molar-refractivity contribution in [1.29, 1.82) is 0 Å². The molecule has 3 aromatic heterocycles. The number of likely N-dealkylation sites (tertiary alicyclic amines) is 1. The Morgan fingerprint density at radius 1 is 1.29 bits per heavy atom. The van der Waals surface area contributed by atoms with Crippen molar-refractivity contribution < 1.29 is 9.90 Å². The molecule has 0 saturated carbocycles. The summed E-state index contributed by atoms with van der Waals surface area (Å²) in [7, 11) is 1.67. The van der Waals surface area contributed by atoms with Gasteiger partial charge in [-0.1, -0.05) is 6.07 Å². The highest BCUT2D eigenvalue weighted by atomic mass is 16.4. The van der Waals surface area contributed by atoms with Crippen LogP contribution < -0.4 is 11.0 Å². The number of anilines is 2. The van der Waals surface area contributed by atoms with Crippen LogP contribution in [-0.2, 0) is 7.05 Å². The van der Waals surface area contributed by atoms with Crippen LogP contribution in [0.15, 0.2) is 41.5 Å². The number of benzene rings is 1. The average Bonchev–Trinajstić information content (AvgIpc) is 3.32. The first-order chi connectivity index (χ1) is 14.9. The summed E-state index contributed by atoms with van der Waals surface area (Å²) in [5.74, 6) is 0.367. The lowest BCUT2D eigenvalue weighted by molar-refractivity contribution is 0.154. The van der Waals surface area contributed by atoms with Crippen molar-refractivity contribution in [3.63, 3.8) is 0 Å². The number of pyridine rings is 1. The second kappa shape index (κ2) is 7.08. The van der Waals surface area contributed by atoms with Gasteiger partial charge >= 0.3 is 11.8 Å². The SMILES string of the molecule is Cc1cc2ncccc2cc1Nc1ncc2c(n1)n([C@H]1CCN(C(=O)O)C1)c(=O)n2C. The van der Waals surface area contributed by atoms with E-state index in [1.54, 1.807) is 24.0 Å². The fourth-order valence-corrected chi connectivity index (χ4v) is 4.13. The number of nitrogens with zero attached hydrogens (tertiary/aromatic N) is 6. The number of aryl methyl sites for hydroxylation is 2. The molecule has 10 nitrogen and oxygen atoms in total. The molecule has 1 aliphatic rings. The molecule has 0 unspecified atom stereocenters. The number of aromatic nitrogens is 5. The van der Waals surface area contributed by atoms with Crippen molar-refractivity contribution in [3.05, 3.63) is 52.7 Å². The smallest absolute Gasteiger partial charge is 0.407 e. The van der Waals surface area contributed by atoms with Crippen LogP contribution in [0.25, 0.3) is 22.1 Å². The Balaban J connectivity index is 1.55. The van der Waals surface area contributed by atoms with Crippen molar-refractivity contribution in [3.8, 4) is 0 Å². The maximum atomic E-state index is 12.9. The zero-order valence-electron chi connectivity index (χ0n) is 17.1. The molecule has 1 aliphatic heterocycles. The second-order valence-electron chi connectivity index (χ2n) is 7.77. The van der Waals surface area contributed by atoms with E-state index in [1.807, 2.05) is 31.2 Å². The van der Waals surface area contributed by atoms with E-state index in [9.17, 15) is 14.7 Å². The zero-order chi connectivity index (χ0) is 21.7. The number of carbonyl (C=O) groups is 1. The minimum Gasteiger partial charge on any atom is -0.465 e. The molecule has 1 aromatic carbocycles. The number of hydrogen-bond acceptors (Lipinski definition) is 6. The number of rotatable bonds is 3. The predicted molar refractivity (Wildman–Crippen MR) is 116 cm³/mol. The Labute approximate surface area is 176 Å². The van der Waals surface area contributed by atoms with E-state index in [-0.39, 0.29) is 18.3 Å². The van der Waals surface area contributed by atoms with Gasteiger partial charge < -0.3 is 15.3 Å². The summed E-state index contributed by atoms with van der Waals surface area (Å²) in [4.78, 5) is 38.9. The van der Waals surface area contributed by atoms with Gasteiger partial charge in [-0.15, -0.1) is 0 Å². The van der Waals surface area contributed by atoms with Gasteiger partial charge in [0.2, 0.25) is 5.95 Å². The number of nitrogens with one attached hydrogen (secondary N) is 1. The molecule has 1 atom stereocenters. The van der Waals surface area contributed by atoms with Crippen LogP contribution in [0.2, 0.25) is 0 Å². The minimum absolute atomic E-state index is 0.230. The summed E-state index contributed by atoms with van der Waals surface area (Å²) in [6.07, 6.45) is 2.96. The maximum Gasteiger partial charge on any atom is 0.407 e. The van der Waals surface area contributed by atoms with E-state index in [1.165, 1.54) is 9.47 Å². The van der Waals surface area contributed by atoms with Gasteiger partial charge in [0, 0.05) is 37.4 Å². The molecule has 158 valence electrons. The monoisotopic (exact) mass is 419 g/mol. The van der Waals surface area contributed by atoms with E-state index < -0.39 is 6.09 Å². The van der Waals surface area contributed by atoms with Crippen LogP contribution in [0.4, 0.5) is 16.4 Å². The first-order valence-corrected chi connectivity index (χ1v) is 9.96. The molecule has 0 bridgehead atoms. The van der Waals surface area contributed by atoms with Crippen LogP contribution in [0.1, 0.15) is 18.0 Å². The fraction of sp³-hybridized carbons (Fsp3) is 0.286. The topological polar surface area (TPSA) is 118 Å². The Kier molecular flexibility index (Phi) is 4.35. The lowest BCUT2D eigenvalue weighted by Gasteiger charge is -2.14. The minimum atomic E-state index is -0.978. The van der Waals surface area contributed by atoms with Crippen LogP contribution >= 0.6 is 0 Å². The Bertz CT molecular complexity index is 1390. The molecular formula is C21H21N7O3. The molecule has 2 N–H and O–H groups in total. The summed E-state index contributed by atoms with van der Waals surface area (Å²) in [6.45, 7) is 2.63. The Morgan fingerprint density at radius 3 is 2.90 bits per heavy atom. The van der Waals surface area contributed by atoms with Crippen molar-refractivity contribution in [1.82, 2.24) is 29.0 Å². The molecule has 0 spiro atoms. The quantitative estimate of drug-likeness (QED) is 0.524. The third-order valence-electron chi connectivity index (χ3n) is 5.83. The molecule has 1 saturated heterocycles. The largest absolute Gasteiger partial charge is 0.465 e. The molecule has 10 heteroatoms. The Morgan fingerprint density at radius 2 is 2.13 bits per heavy atom. The first kappa shape index (κ1) is 19.0. The lowest BCUT2D eigenvalue weighted by Crippen LogP contribution is -2.30. The second-order valence-corrected chi connectivity index (χ2v) is 7.77. The van der Waals surface area contributed by atoms with Crippen molar-refractivity contribution in [2.45, 2.75) is 19.4 Å². The summed E-state index contributed by atoms with van der Waals surface area (Å²) in [6, 6.07) is 7.59. The number of hydrogen-bond donors (Lipinski definition) is 2. The third-order valence-corrected chi connectivity index (χ3v) is 5.83. The molecule has 1 amide bonds. The van der Waals surface area contributed by atoms with Gasteiger partial charge in [0.15, 0.2) is 5.65 Å². The van der Waals surface area contributed by atoms with Gasteiger partial charge in [-0.3, -0.25) is 14.1 Å². The normalized spacial score (nSPS) is 16.3. The zero-order valence-corrected chi connectivity index (χ0v) is 17.1. The van der Waals surface area contributed by atoms with E-state index in [2.05, 4.69) is 20.3 Å². The molecular weight excluding hydrogens is 398 g/mol. The molecule has 5 rings (SSSR count). The highest BCUT2D eigenvalue weighted by Gasteiger charge is 2.30. The van der Waals surface area contributed by atoms with Gasteiger partial charge in [0.25, 0.3) is 0 Å². The van der Waals surface area contributed by atoms with Gasteiger partial charge in [0.1, 0.15) is 5.52 Å². The number of amides is 1. The summed E-state index contributed by atoms with van der Waals surface area (Å²) >= 11 is 0. The highest BCUT2D eigenvalue weighted by molar-refractivity contribution is 5.85. The van der Waals surface area contributed by atoms with Crippen molar-refractivity contribution in [2.75, 3.05) is 18.4 Å². The molecule has 4 aromatic rings. The van der Waals surface area contributed by atoms with Crippen LogP contribution in [0, 0.1) is 6.92 Å². The fourth-order valence-electron chi connectivity index (χ4n) is 4.13. The maximum absolute atomic E-state index is 12.9. The Hall–Kier alpha value is -3.95. The van der Waals surface area contributed by atoms with Crippen molar-refractivity contribution >= 4 is 39.8 Å². The predicted octanol–water partition coefficient (Wildman–Crippen LogP) is 2.66. The van der Waals surface area contributed by atoms with Gasteiger partial charge in [-0.25, -0.2) is 14.6 Å². The van der Waals surface area contributed by atoms with E-state index in [0.29, 0.717) is 30.1 Å². The average molecular weight is 419 g/mol. The first-order valence-electron chi connectivity index (χ1n) is 9.96. The molecule has 1 fully saturated rings. The van der Waals surface area contributed by atoms with E-state index >= 15 is 0 Å². The molecule has 0 radical (unpaired) electrons. The summed E-state index contributed by atoms with van der Waals surface area (Å²) in [5, 5.41) is 13.5. The standard InChI is InChI=1S/C21H21N7O3/c1-12-8-16-13(4-3-6-22-16)9-15(12)24-19-23-10-17-18(25-19)28(20(29)26(17)2)14-5-7-27(11-14)21(30)31/h3-4,6,8-10,14H,5,7,11H2,1-2H3,(H,30,31)(H,23,24,25)/t14-/m0/s1. The van der Waals surface area contributed by atoms with Crippen LogP contribution in [-0.4, -0.2) is 53.3 Å². The summed E-state index contributed by atoms with van der Waals surface area (Å²) in [5.41, 5.74) is 3.61. The number of fused-ring (bicyclic) bond motifs is 2. The van der Waals surface area contributed by atoms with Crippen LogP contribution in [0.3, 0.4) is 0 Å². The number of imidazole rings is 1. The van der Waals surface area contributed by atoms with E-state index in [4.69, 9.17) is 0 Å². The molecule has 4 heterocycles. The van der Waals surface area contributed by atoms with Crippen LogP contribution in [0.5, 0.6) is 0 Å². The van der Waals surface area contributed by atoms with Gasteiger partial charge in [-0.2, -0.15) is 4.98 Å². The van der Waals surface area contributed by atoms with E-state index in [0.717, 1.165) is 22.2 Å². The molecule has 0 aliphatic carbocycles. The summed E-state index contributed by atoms with van der Waals surface area (Å²) < 4.78 is 3.08. The van der Waals surface area contributed by atoms with Gasteiger partial charge in [0.05, 0.1) is 17.8 Å². The number of carboxylic acid groups (broad SMARTS) is 1. The van der Waals surface area contributed by atoms with Gasteiger partial charge in [-0.05, 0) is 37.1 Å². The molecule has 31 heavy (non-hydrogen) atoms. The van der Waals surface area contributed by atoms with Crippen molar-refractivity contribution in [2.24, 2.45) is 7.05 Å². The lowest BCUT2D eigenvalue weighted by atomic mass is 10.1. The highest BCUT2D eigenvalue weighted by Crippen LogP contribution is 2.27. The third kappa shape index (κ3) is 3.16.